The molecule has 1 atom stereocenters. The summed E-state index contributed by atoms with van der Waals surface area (Å²) in [7, 11) is 0. The minimum atomic E-state index is -0.488. The zero-order valence-electron chi connectivity index (χ0n) is 16.4. The van der Waals surface area contributed by atoms with Crippen molar-refractivity contribution in [1.82, 2.24) is 5.32 Å². The first-order valence-electron chi connectivity index (χ1n) is 9.17. The maximum absolute atomic E-state index is 12.5. The first-order chi connectivity index (χ1) is 14.3. The summed E-state index contributed by atoms with van der Waals surface area (Å²) in [5.74, 6) is -0.894. The number of allylic oxidation sites excluding steroid dienone is 1. The first kappa shape index (κ1) is 22.2. The fourth-order valence-electron chi connectivity index (χ4n) is 3.18. The number of carbonyl (C=O) groups is 2. The fourth-order valence-corrected chi connectivity index (χ4v) is 4.59. The molecule has 0 aromatic heterocycles. The van der Waals surface area contributed by atoms with E-state index in [0.29, 0.717) is 26.2 Å². The highest BCUT2D eigenvalue weighted by molar-refractivity contribution is 8.03. The number of amides is 2. The van der Waals surface area contributed by atoms with Gasteiger partial charge in [-0.05, 0) is 48.7 Å². The molecule has 8 heteroatoms. The number of aryl methyl sites for hydroxylation is 2. The monoisotopic (exact) mass is 459 g/mol. The molecule has 0 saturated heterocycles. The third-order valence-electron chi connectivity index (χ3n) is 4.71. The summed E-state index contributed by atoms with van der Waals surface area (Å²) in [6.07, 6.45) is 0.100. The molecule has 0 fully saturated rings. The van der Waals surface area contributed by atoms with Crippen LogP contribution < -0.4 is 10.6 Å². The van der Waals surface area contributed by atoms with Crippen LogP contribution >= 0.6 is 35.0 Å². The van der Waals surface area contributed by atoms with Crippen LogP contribution in [-0.2, 0) is 9.59 Å². The Morgan fingerprint density at radius 1 is 1.27 bits per heavy atom. The predicted molar refractivity (Wildman–Crippen MR) is 122 cm³/mol. The van der Waals surface area contributed by atoms with E-state index >= 15 is 0 Å². The maximum atomic E-state index is 12.5. The third kappa shape index (κ3) is 5.17. The number of nitrogens with one attached hydrogen (secondary N) is 2. The van der Waals surface area contributed by atoms with Gasteiger partial charge in [0.25, 0.3) is 0 Å². The second-order valence-electron chi connectivity index (χ2n) is 6.98. The Kier molecular flexibility index (Phi) is 7.09. The van der Waals surface area contributed by atoms with Gasteiger partial charge in [0.05, 0.1) is 22.4 Å². The van der Waals surface area contributed by atoms with E-state index in [1.807, 2.05) is 32.0 Å². The van der Waals surface area contributed by atoms with Crippen molar-refractivity contribution < 1.29 is 9.59 Å². The maximum Gasteiger partial charge on any atom is 0.234 e. The molecule has 0 spiro atoms. The van der Waals surface area contributed by atoms with E-state index in [9.17, 15) is 14.9 Å². The van der Waals surface area contributed by atoms with Gasteiger partial charge in [-0.2, -0.15) is 5.26 Å². The lowest BCUT2D eigenvalue weighted by molar-refractivity contribution is -0.121. The standard InChI is InChI=1S/C22H19Cl2N3O2S/c1-12-3-4-13(2)19(7-12)26-21(29)11-30-22-17(10-25)16(9-20(28)27-22)15-6-5-14(23)8-18(15)24/h3-8,16H,9,11H2,1-2H3,(H,26,29)(H,27,28). The topological polar surface area (TPSA) is 82.0 Å². The summed E-state index contributed by atoms with van der Waals surface area (Å²) in [6, 6.07) is 13.0. The van der Waals surface area contributed by atoms with Crippen molar-refractivity contribution in [1.29, 1.82) is 5.26 Å². The number of halogens is 2. The van der Waals surface area contributed by atoms with Gasteiger partial charge in [-0.1, -0.05) is 53.2 Å². The number of hydrogen-bond donors (Lipinski definition) is 2. The van der Waals surface area contributed by atoms with Crippen molar-refractivity contribution >= 4 is 52.5 Å². The number of thioether (sulfide) groups is 1. The average molecular weight is 460 g/mol. The van der Waals surface area contributed by atoms with E-state index in [-0.39, 0.29) is 24.0 Å². The van der Waals surface area contributed by atoms with Gasteiger partial charge < -0.3 is 10.6 Å². The van der Waals surface area contributed by atoms with Crippen LogP contribution in [0.5, 0.6) is 0 Å². The fraction of sp³-hybridized carbons (Fsp3) is 0.227. The van der Waals surface area contributed by atoms with Crippen LogP contribution in [0.15, 0.2) is 47.0 Å². The van der Waals surface area contributed by atoms with E-state index < -0.39 is 5.92 Å². The van der Waals surface area contributed by atoms with Gasteiger partial charge in [0.15, 0.2) is 0 Å². The SMILES string of the molecule is Cc1ccc(C)c(NC(=O)CSC2=C(C#N)C(c3ccc(Cl)cc3Cl)CC(=O)N2)c1. The lowest BCUT2D eigenvalue weighted by Crippen LogP contribution is -2.31. The number of carbonyl (C=O) groups excluding carboxylic acids is 2. The highest BCUT2D eigenvalue weighted by atomic mass is 35.5. The van der Waals surface area contributed by atoms with E-state index in [1.165, 1.54) is 0 Å². The molecule has 1 aliphatic rings. The van der Waals surface area contributed by atoms with Gasteiger partial charge in [0.1, 0.15) is 0 Å². The third-order valence-corrected chi connectivity index (χ3v) is 6.29. The Balaban J connectivity index is 1.80. The molecule has 1 heterocycles. The van der Waals surface area contributed by atoms with Gasteiger partial charge in [-0.25, -0.2) is 0 Å². The molecule has 0 bridgehead atoms. The van der Waals surface area contributed by atoms with Gasteiger partial charge >= 0.3 is 0 Å². The summed E-state index contributed by atoms with van der Waals surface area (Å²) < 4.78 is 0. The van der Waals surface area contributed by atoms with E-state index in [1.54, 1.807) is 18.2 Å². The largest absolute Gasteiger partial charge is 0.325 e. The smallest absolute Gasteiger partial charge is 0.234 e. The van der Waals surface area contributed by atoms with Crippen LogP contribution in [0.4, 0.5) is 5.69 Å². The molecule has 2 N–H and O–H groups in total. The van der Waals surface area contributed by atoms with E-state index in [2.05, 4.69) is 16.7 Å². The lowest BCUT2D eigenvalue weighted by Gasteiger charge is -2.25. The van der Waals surface area contributed by atoms with Gasteiger partial charge in [0.2, 0.25) is 11.8 Å². The van der Waals surface area contributed by atoms with Crippen LogP contribution in [0.2, 0.25) is 10.0 Å². The van der Waals surface area contributed by atoms with E-state index in [4.69, 9.17) is 23.2 Å². The van der Waals surface area contributed by atoms with Crippen LogP contribution in [0.25, 0.3) is 0 Å². The Labute approximate surface area is 189 Å². The number of nitrogens with zero attached hydrogens (tertiary/aromatic N) is 1. The zero-order chi connectivity index (χ0) is 21.8. The highest BCUT2D eigenvalue weighted by Gasteiger charge is 2.31. The Morgan fingerprint density at radius 3 is 2.73 bits per heavy atom. The molecule has 154 valence electrons. The molecule has 2 amide bonds. The van der Waals surface area contributed by atoms with Crippen LogP contribution in [0, 0.1) is 25.2 Å². The molecule has 3 rings (SSSR count). The molecular weight excluding hydrogens is 441 g/mol. The number of nitriles is 1. The molecule has 30 heavy (non-hydrogen) atoms. The predicted octanol–water partition coefficient (Wildman–Crippen LogP) is 5.32. The van der Waals surface area contributed by atoms with Crippen molar-refractivity contribution in [3.63, 3.8) is 0 Å². The summed E-state index contributed by atoms with van der Waals surface area (Å²) in [6.45, 7) is 3.87. The summed E-state index contributed by atoms with van der Waals surface area (Å²) >= 11 is 13.4. The molecule has 0 aliphatic carbocycles. The van der Waals surface area contributed by atoms with Crippen molar-refractivity contribution in [3.8, 4) is 6.07 Å². The number of anilines is 1. The van der Waals surface area contributed by atoms with Gasteiger partial charge in [-0.3, -0.25) is 9.59 Å². The first-order valence-corrected chi connectivity index (χ1v) is 10.9. The van der Waals surface area contributed by atoms with Crippen molar-refractivity contribution in [2.24, 2.45) is 0 Å². The summed E-state index contributed by atoms with van der Waals surface area (Å²) in [5, 5.41) is 16.6. The molecule has 2 aromatic rings. The lowest BCUT2D eigenvalue weighted by atomic mass is 9.87. The number of hydrogen-bond acceptors (Lipinski definition) is 4. The van der Waals surface area contributed by atoms with Crippen LogP contribution in [0.3, 0.4) is 0 Å². The minimum Gasteiger partial charge on any atom is -0.325 e. The van der Waals surface area contributed by atoms with Gasteiger partial charge in [0, 0.05) is 28.1 Å². The van der Waals surface area contributed by atoms with Crippen LogP contribution in [0.1, 0.15) is 29.0 Å². The Hall–Kier alpha value is -2.46. The van der Waals surface area contributed by atoms with Crippen molar-refractivity contribution in [2.75, 3.05) is 11.1 Å². The summed E-state index contributed by atoms with van der Waals surface area (Å²) in [4.78, 5) is 24.7. The normalized spacial score (nSPS) is 16.1. The average Bonchev–Trinajstić information content (AvgIpc) is 2.69. The molecule has 1 unspecified atom stereocenters. The molecule has 5 nitrogen and oxygen atoms in total. The Bertz CT molecular complexity index is 1090. The number of benzene rings is 2. The summed E-state index contributed by atoms with van der Waals surface area (Å²) in [5.41, 5.74) is 3.78. The molecule has 0 saturated carbocycles. The second-order valence-corrected chi connectivity index (χ2v) is 8.81. The molecular formula is C22H19Cl2N3O2S. The van der Waals surface area contributed by atoms with E-state index in [0.717, 1.165) is 28.6 Å². The number of rotatable bonds is 5. The molecule has 1 aliphatic heterocycles. The van der Waals surface area contributed by atoms with Crippen molar-refractivity contribution in [3.05, 3.63) is 73.7 Å². The molecule has 2 aromatic carbocycles. The highest BCUT2D eigenvalue weighted by Crippen LogP contribution is 2.39. The molecule has 0 radical (unpaired) electrons. The minimum absolute atomic E-state index is 0.0508. The van der Waals surface area contributed by atoms with Crippen molar-refractivity contribution in [2.45, 2.75) is 26.2 Å². The second kappa shape index (κ2) is 9.57. The zero-order valence-corrected chi connectivity index (χ0v) is 18.7. The van der Waals surface area contributed by atoms with Crippen LogP contribution in [-0.4, -0.2) is 17.6 Å². The Morgan fingerprint density at radius 2 is 2.03 bits per heavy atom. The van der Waals surface area contributed by atoms with Gasteiger partial charge in [-0.15, -0.1) is 0 Å². The quantitative estimate of drug-likeness (QED) is 0.633.